The van der Waals surface area contributed by atoms with Crippen LogP contribution in [0.3, 0.4) is 0 Å². The van der Waals surface area contributed by atoms with Crippen LogP contribution in [0.25, 0.3) is 0 Å². The number of nitriles is 1. The van der Waals surface area contributed by atoms with Crippen molar-refractivity contribution in [3.8, 4) is 6.07 Å². The Morgan fingerprint density at radius 2 is 1.89 bits per heavy atom. The molecule has 2 rings (SSSR count). The van der Waals surface area contributed by atoms with Gasteiger partial charge in [0.1, 0.15) is 6.07 Å². The lowest BCUT2D eigenvalue weighted by Crippen LogP contribution is -1.96. The number of benzene rings is 2. The summed E-state index contributed by atoms with van der Waals surface area (Å²) in [6.45, 7) is 1.97. The Labute approximate surface area is 125 Å². The van der Waals surface area contributed by atoms with Gasteiger partial charge in [0.25, 0.3) is 0 Å². The summed E-state index contributed by atoms with van der Waals surface area (Å²) in [7, 11) is 0. The Hall–Kier alpha value is -1.25. The molecule has 0 radical (unpaired) electrons. The Kier molecular flexibility index (Phi) is 4.10. The Morgan fingerprint density at radius 3 is 2.56 bits per heavy atom. The molecule has 0 aliphatic heterocycles. The van der Waals surface area contributed by atoms with E-state index in [1.807, 2.05) is 43.3 Å². The van der Waals surface area contributed by atoms with Crippen molar-refractivity contribution in [2.75, 3.05) is 5.32 Å². The third-order valence-electron chi connectivity index (χ3n) is 2.50. The predicted molar refractivity (Wildman–Crippen MR) is 83.3 cm³/mol. The van der Waals surface area contributed by atoms with Crippen molar-refractivity contribution in [2.24, 2.45) is 0 Å². The first-order chi connectivity index (χ1) is 8.60. The molecule has 2 nitrogen and oxygen atoms in total. The van der Waals surface area contributed by atoms with Crippen LogP contribution >= 0.6 is 34.2 Å². The van der Waals surface area contributed by atoms with Gasteiger partial charge in [0, 0.05) is 8.59 Å². The highest BCUT2D eigenvalue weighted by molar-refractivity contribution is 14.1. The van der Waals surface area contributed by atoms with Gasteiger partial charge in [-0.3, -0.25) is 0 Å². The fourth-order valence-corrected chi connectivity index (χ4v) is 2.60. The van der Waals surface area contributed by atoms with Gasteiger partial charge in [-0.25, -0.2) is 0 Å². The van der Waals surface area contributed by atoms with Crippen molar-refractivity contribution in [3.63, 3.8) is 0 Å². The monoisotopic (exact) mass is 368 g/mol. The highest BCUT2D eigenvalue weighted by Gasteiger charge is 2.05. The largest absolute Gasteiger partial charge is 0.354 e. The summed E-state index contributed by atoms with van der Waals surface area (Å²) in [5.74, 6) is 0. The maximum atomic E-state index is 9.12. The van der Waals surface area contributed by atoms with E-state index >= 15 is 0 Å². The normalized spacial score (nSPS) is 9.89. The van der Waals surface area contributed by atoms with Crippen molar-refractivity contribution in [2.45, 2.75) is 6.92 Å². The maximum Gasteiger partial charge on any atom is 0.101 e. The number of aryl methyl sites for hydroxylation is 1. The molecule has 4 heteroatoms. The van der Waals surface area contributed by atoms with Crippen LogP contribution in [-0.2, 0) is 0 Å². The molecule has 0 aliphatic rings. The molecule has 0 aliphatic carbocycles. The van der Waals surface area contributed by atoms with Gasteiger partial charge in [-0.2, -0.15) is 5.26 Å². The molecule has 1 N–H and O–H groups in total. The molecule has 0 fully saturated rings. The second-order valence-electron chi connectivity index (χ2n) is 3.91. The molecule has 18 heavy (non-hydrogen) atoms. The molecular formula is C14H10ClIN2. The first kappa shape index (κ1) is 13.2. The number of hydrogen-bond acceptors (Lipinski definition) is 2. The maximum absolute atomic E-state index is 9.12. The first-order valence-corrected chi connectivity index (χ1v) is 6.78. The molecule has 0 atom stereocenters. The SMILES string of the molecule is Cc1ccc(Nc2ccc(Cl)cc2I)c(C#N)c1. The zero-order valence-corrected chi connectivity index (χ0v) is 12.6. The second-order valence-corrected chi connectivity index (χ2v) is 5.51. The van der Waals surface area contributed by atoms with Gasteiger partial charge in [0.2, 0.25) is 0 Å². The van der Waals surface area contributed by atoms with Crippen LogP contribution in [0.1, 0.15) is 11.1 Å². The average Bonchev–Trinajstić information content (AvgIpc) is 2.34. The van der Waals surface area contributed by atoms with Crippen molar-refractivity contribution < 1.29 is 0 Å². The van der Waals surface area contributed by atoms with Gasteiger partial charge in [-0.05, 0) is 65.4 Å². The van der Waals surface area contributed by atoms with E-state index in [4.69, 9.17) is 16.9 Å². The molecule has 90 valence electrons. The lowest BCUT2D eigenvalue weighted by Gasteiger charge is -2.10. The molecule has 0 spiro atoms. The number of halogens is 2. The molecular weight excluding hydrogens is 359 g/mol. The van der Waals surface area contributed by atoms with E-state index in [2.05, 4.69) is 34.0 Å². The standard InChI is InChI=1S/C14H10ClIN2/c1-9-2-4-13(10(6-9)8-17)18-14-5-3-11(15)7-12(14)16/h2-7,18H,1H3. The molecule has 2 aromatic rings. The molecule has 0 amide bonds. The third-order valence-corrected chi connectivity index (χ3v) is 3.62. The van der Waals surface area contributed by atoms with Gasteiger partial charge in [-0.1, -0.05) is 17.7 Å². The van der Waals surface area contributed by atoms with E-state index in [1.54, 1.807) is 0 Å². The van der Waals surface area contributed by atoms with E-state index in [-0.39, 0.29) is 0 Å². The minimum Gasteiger partial charge on any atom is -0.354 e. The fourth-order valence-electron chi connectivity index (χ4n) is 1.60. The molecule has 2 aromatic carbocycles. The van der Waals surface area contributed by atoms with Gasteiger partial charge >= 0.3 is 0 Å². The van der Waals surface area contributed by atoms with Crippen LogP contribution in [-0.4, -0.2) is 0 Å². The van der Waals surface area contributed by atoms with E-state index in [1.165, 1.54) is 0 Å². The van der Waals surface area contributed by atoms with Crippen LogP contribution < -0.4 is 5.32 Å². The quantitative estimate of drug-likeness (QED) is 0.768. The first-order valence-electron chi connectivity index (χ1n) is 5.33. The topological polar surface area (TPSA) is 35.8 Å². The van der Waals surface area contributed by atoms with Gasteiger partial charge < -0.3 is 5.32 Å². The van der Waals surface area contributed by atoms with Crippen molar-refractivity contribution in [1.29, 1.82) is 5.26 Å². The molecule has 0 heterocycles. The molecule has 0 unspecified atom stereocenters. The molecule has 0 saturated heterocycles. The highest BCUT2D eigenvalue weighted by Crippen LogP contribution is 2.27. The Morgan fingerprint density at radius 1 is 1.17 bits per heavy atom. The zero-order chi connectivity index (χ0) is 13.1. The molecule has 0 aromatic heterocycles. The van der Waals surface area contributed by atoms with Crippen LogP contribution in [0.2, 0.25) is 5.02 Å². The van der Waals surface area contributed by atoms with Crippen molar-refractivity contribution in [1.82, 2.24) is 0 Å². The van der Waals surface area contributed by atoms with Crippen LogP contribution in [0.15, 0.2) is 36.4 Å². The van der Waals surface area contributed by atoms with Gasteiger partial charge in [0.05, 0.1) is 16.9 Å². The number of nitrogens with zero attached hydrogens (tertiary/aromatic N) is 1. The van der Waals surface area contributed by atoms with Crippen molar-refractivity contribution in [3.05, 3.63) is 56.1 Å². The van der Waals surface area contributed by atoms with Gasteiger partial charge in [-0.15, -0.1) is 0 Å². The summed E-state index contributed by atoms with van der Waals surface area (Å²) >= 11 is 8.13. The van der Waals surface area contributed by atoms with E-state index in [0.29, 0.717) is 10.6 Å². The van der Waals surface area contributed by atoms with Gasteiger partial charge in [0.15, 0.2) is 0 Å². The number of nitrogens with one attached hydrogen (secondary N) is 1. The summed E-state index contributed by atoms with van der Waals surface area (Å²) in [6, 6.07) is 13.6. The van der Waals surface area contributed by atoms with Crippen LogP contribution in [0.4, 0.5) is 11.4 Å². The second kappa shape index (κ2) is 5.59. The minimum absolute atomic E-state index is 0.640. The lowest BCUT2D eigenvalue weighted by molar-refractivity contribution is 1.40. The van der Waals surface area contributed by atoms with Crippen LogP contribution in [0.5, 0.6) is 0 Å². The summed E-state index contributed by atoms with van der Waals surface area (Å²) < 4.78 is 1.02. The summed E-state index contributed by atoms with van der Waals surface area (Å²) in [6.07, 6.45) is 0. The lowest BCUT2D eigenvalue weighted by atomic mass is 10.1. The van der Waals surface area contributed by atoms with Crippen LogP contribution in [0, 0.1) is 21.8 Å². The average molecular weight is 369 g/mol. The van der Waals surface area contributed by atoms with E-state index in [0.717, 1.165) is 20.5 Å². The summed E-state index contributed by atoms with van der Waals surface area (Å²) in [5, 5.41) is 13.1. The fraction of sp³-hybridized carbons (Fsp3) is 0.0714. The Bertz CT molecular complexity index is 632. The summed E-state index contributed by atoms with van der Waals surface area (Å²) in [5.41, 5.74) is 3.47. The van der Waals surface area contributed by atoms with Crippen molar-refractivity contribution >= 4 is 45.6 Å². The summed E-state index contributed by atoms with van der Waals surface area (Å²) in [4.78, 5) is 0. The van der Waals surface area contributed by atoms with E-state index in [9.17, 15) is 0 Å². The molecule has 0 saturated carbocycles. The highest BCUT2D eigenvalue weighted by atomic mass is 127. The van der Waals surface area contributed by atoms with E-state index < -0.39 is 0 Å². The minimum atomic E-state index is 0.640. The Balaban J connectivity index is 2.37. The third kappa shape index (κ3) is 2.95. The number of hydrogen-bond donors (Lipinski definition) is 1. The molecule has 0 bridgehead atoms. The predicted octanol–water partition coefficient (Wildman–Crippen LogP) is 4.87. The number of anilines is 2. The smallest absolute Gasteiger partial charge is 0.101 e. The zero-order valence-electron chi connectivity index (χ0n) is 9.67. The number of rotatable bonds is 2.